The number of nitrogens with zero attached hydrogens (tertiary/aromatic N) is 2. The van der Waals surface area contributed by atoms with Gasteiger partial charge in [-0.25, -0.2) is 0 Å². The predicted molar refractivity (Wildman–Crippen MR) is 101 cm³/mol. The molecular weight excluding hydrogens is 338 g/mol. The highest BCUT2D eigenvalue weighted by Crippen LogP contribution is 2.28. The summed E-state index contributed by atoms with van der Waals surface area (Å²) < 4.78 is 0. The summed E-state index contributed by atoms with van der Waals surface area (Å²) >= 11 is 0. The summed E-state index contributed by atoms with van der Waals surface area (Å²) in [6.07, 6.45) is 3.68. The van der Waals surface area contributed by atoms with E-state index in [0.717, 1.165) is 37.9 Å². The highest BCUT2D eigenvalue weighted by atomic mass is 35.5. The fourth-order valence-corrected chi connectivity index (χ4v) is 3.90. The van der Waals surface area contributed by atoms with Crippen LogP contribution >= 0.6 is 12.4 Å². The van der Waals surface area contributed by atoms with E-state index in [1.54, 1.807) is 11.8 Å². The molecule has 0 radical (unpaired) electrons. The van der Waals surface area contributed by atoms with Crippen molar-refractivity contribution in [3.63, 3.8) is 0 Å². The molecule has 2 saturated heterocycles. The zero-order valence-electron chi connectivity index (χ0n) is 14.8. The van der Waals surface area contributed by atoms with Crippen molar-refractivity contribution >= 4 is 24.2 Å². The van der Waals surface area contributed by atoms with Gasteiger partial charge in [-0.3, -0.25) is 9.59 Å². The van der Waals surface area contributed by atoms with Crippen LogP contribution in [0.5, 0.6) is 0 Å². The van der Waals surface area contributed by atoms with Crippen LogP contribution in [-0.2, 0) is 16.1 Å². The Morgan fingerprint density at radius 3 is 2.60 bits per heavy atom. The number of nitrogens with one attached hydrogen (secondary N) is 1. The van der Waals surface area contributed by atoms with Crippen molar-refractivity contribution in [1.29, 1.82) is 0 Å². The van der Waals surface area contributed by atoms with E-state index in [4.69, 9.17) is 0 Å². The van der Waals surface area contributed by atoms with Crippen molar-refractivity contribution in [1.82, 2.24) is 15.1 Å². The summed E-state index contributed by atoms with van der Waals surface area (Å²) in [5, 5.41) is 3.42. The maximum Gasteiger partial charge on any atom is 0.224 e. The molecule has 138 valence electrons. The number of rotatable bonds is 5. The smallest absolute Gasteiger partial charge is 0.224 e. The van der Waals surface area contributed by atoms with Gasteiger partial charge in [0.15, 0.2) is 0 Å². The average Bonchev–Trinajstić information content (AvgIpc) is 2.84. The van der Waals surface area contributed by atoms with Gasteiger partial charge in [0, 0.05) is 45.1 Å². The van der Waals surface area contributed by atoms with Gasteiger partial charge in [0.25, 0.3) is 0 Å². The molecule has 2 amide bonds. The van der Waals surface area contributed by atoms with E-state index in [-0.39, 0.29) is 24.2 Å². The van der Waals surface area contributed by atoms with Crippen LogP contribution in [0.4, 0.5) is 0 Å². The zero-order valence-corrected chi connectivity index (χ0v) is 15.6. The van der Waals surface area contributed by atoms with Crippen molar-refractivity contribution in [2.24, 2.45) is 0 Å². The topological polar surface area (TPSA) is 52.7 Å². The molecule has 0 spiro atoms. The van der Waals surface area contributed by atoms with E-state index >= 15 is 0 Å². The van der Waals surface area contributed by atoms with Crippen LogP contribution in [0.1, 0.15) is 38.2 Å². The third-order valence-corrected chi connectivity index (χ3v) is 5.20. The van der Waals surface area contributed by atoms with Gasteiger partial charge in [-0.2, -0.15) is 0 Å². The van der Waals surface area contributed by atoms with Crippen LogP contribution < -0.4 is 5.32 Å². The second kappa shape index (κ2) is 9.20. The maximum absolute atomic E-state index is 12.8. The van der Waals surface area contributed by atoms with E-state index in [2.05, 4.69) is 10.2 Å². The van der Waals surface area contributed by atoms with Crippen LogP contribution in [0, 0.1) is 0 Å². The zero-order chi connectivity index (χ0) is 16.9. The maximum atomic E-state index is 12.8. The van der Waals surface area contributed by atoms with Gasteiger partial charge in [0.2, 0.25) is 11.8 Å². The Labute approximate surface area is 156 Å². The largest absolute Gasteiger partial charge is 0.338 e. The van der Waals surface area contributed by atoms with Crippen molar-refractivity contribution in [2.45, 2.75) is 51.2 Å². The van der Waals surface area contributed by atoms with Gasteiger partial charge in [0.1, 0.15) is 0 Å². The number of hydrogen-bond acceptors (Lipinski definition) is 3. The molecule has 2 heterocycles. The Morgan fingerprint density at radius 1 is 1.16 bits per heavy atom. The summed E-state index contributed by atoms with van der Waals surface area (Å²) in [6, 6.07) is 10.7. The number of hydrogen-bond donors (Lipinski definition) is 1. The second-order valence-electron chi connectivity index (χ2n) is 6.85. The molecule has 0 aromatic heterocycles. The first kappa shape index (κ1) is 19.7. The van der Waals surface area contributed by atoms with Crippen LogP contribution in [0.15, 0.2) is 30.3 Å². The fourth-order valence-electron chi connectivity index (χ4n) is 3.90. The van der Waals surface area contributed by atoms with E-state index in [1.807, 2.05) is 30.3 Å². The van der Waals surface area contributed by atoms with Crippen LogP contribution in [0.2, 0.25) is 0 Å². The molecule has 25 heavy (non-hydrogen) atoms. The molecule has 0 aliphatic carbocycles. The predicted octanol–water partition coefficient (Wildman–Crippen LogP) is 2.20. The van der Waals surface area contributed by atoms with Gasteiger partial charge in [-0.05, 0) is 31.4 Å². The average molecular weight is 366 g/mol. The highest BCUT2D eigenvalue weighted by Gasteiger charge is 2.37. The number of carbonyl (C=O) groups is 2. The lowest BCUT2D eigenvalue weighted by Gasteiger charge is -2.29. The Morgan fingerprint density at radius 2 is 1.88 bits per heavy atom. The minimum Gasteiger partial charge on any atom is -0.338 e. The molecule has 3 rings (SSSR count). The Balaban J connectivity index is 0.00000225. The van der Waals surface area contributed by atoms with Crippen molar-refractivity contribution in [3.05, 3.63) is 35.9 Å². The first-order valence-corrected chi connectivity index (χ1v) is 8.96. The lowest BCUT2D eigenvalue weighted by Crippen LogP contribution is -2.44. The molecule has 1 aromatic rings. The minimum absolute atomic E-state index is 0. The van der Waals surface area contributed by atoms with Gasteiger partial charge in [-0.15, -0.1) is 12.4 Å². The minimum atomic E-state index is 0. The van der Waals surface area contributed by atoms with E-state index in [1.165, 1.54) is 0 Å². The van der Waals surface area contributed by atoms with Crippen LogP contribution in [0.3, 0.4) is 0 Å². The van der Waals surface area contributed by atoms with E-state index in [9.17, 15) is 9.59 Å². The number of amides is 2. The lowest BCUT2D eigenvalue weighted by molar-refractivity contribution is -0.135. The molecule has 2 aliphatic rings. The Kier molecular flexibility index (Phi) is 7.26. The molecule has 0 saturated carbocycles. The number of fused-ring (bicyclic) bond motifs is 2. The summed E-state index contributed by atoms with van der Waals surface area (Å²) in [4.78, 5) is 28.5. The molecule has 1 aromatic carbocycles. The molecular formula is C19H28ClN3O2. The van der Waals surface area contributed by atoms with Crippen LogP contribution in [0.25, 0.3) is 0 Å². The van der Waals surface area contributed by atoms with Crippen molar-refractivity contribution in [2.75, 3.05) is 19.6 Å². The molecule has 5 nitrogen and oxygen atoms in total. The molecule has 2 fully saturated rings. The van der Waals surface area contributed by atoms with Gasteiger partial charge >= 0.3 is 0 Å². The number of halogens is 1. The molecule has 6 heteroatoms. The first-order valence-electron chi connectivity index (χ1n) is 8.96. The number of carbonyl (C=O) groups excluding carboxylic acids is 2. The van der Waals surface area contributed by atoms with Gasteiger partial charge in [0.05, 0.1) is 0 Å². The highest BCUT2D eigenvalue weighted by molar-refractivity contribution is 5.85. The third kappa shape index (κ3) is 4.95. The summed E-state index contributed by atoms with van der Waals surface area (Å²) in [5.74, 6) is 0.220. The third-order valence-electron chi connectivity index (χ3n) is 5.20. The Hall–Kier alpha value is -1.59. The van der Waals surface area contributed by atoms with Gasteiger partial charge in [-0.1, -0.05) is 30.3 Å². The summed E-state index contributed by atoms with van der Waals surface area (Å²) in [5.41, 5.74) is 1.10. The monoisotopic (exact) mass is 365 g/mol. The molecule has 2 unspecified atom stereocenters. The van der Waals surface area contributed by atoms with Crippen molar-refractivity contribution in [3.8, 4) is 0 Å². The SMILES string of the molecule is CC(=O)N(CCC(=O)N1C2CCNCC1CC2)Cc1ccccc1.Cl. The van der Waals surface area contributed by atoms with Gasteiger partial charge < -0.3 is 15.1 Å². The molecule has 2 aliphatic heterocycles. The normalized spacial score (nSPS) is 22.0. The quantitative estimate of drug-likeness (QED) is 0.870. The molecule has 2 atom stereocenters. The standard InChI is InChI=1S/C19H27N3O2.ClH/c1-15(23)21(14-16-5-3-2-4-6-16)12-10-19(24)22-17-7-8-18(22)13-20-11-9-17;/h2-6,17-18,20H,7-14H2,1H3;1H. The van der Waals surface area contributed by atoms with E-state index in [0.29, 0.717) is 31.6 Å². The van der Waals surface area contributed by atoms with Crippen LogP contribution in [-0.4, -0.2) is 53.3 Å². The summed E-state index contributed by atoms with van der Waals surface area (Å²) in [7, 11) is 0. The fraction of sp³-hybridized carbons (Fsp3) is 0.579. The molecule has 2 bridgehead atoms. The number of benzene rings is 1. The van der Waals surface area contributed by atoms with Crippen molar-refractivity contribution < 1.29 is 9.59 Å². The van der Waals surface area contributed by atoms with E-state index < -0.39 is 0 Å². The Bertz CT molecular complexity index is 567. The first-order chi connectivity index (χ1) is 11.6. The lowest BCUT2D eigenvalue weighted by atomic mass is 10.1. The summed E-state index contributed by atoms with van der Waals surface area (Å²) in [6.45, 7) is 4.54. The molecule has 1 N–H and O–H groups in total. The second-order valence-corrected chi connectivity index (χ2v) is 6.85.